The van der Waals surface area contributed by atoms with Crippen LogP contribution in [0.5, 0.6) is 0 Å². The van der Waals surface area contributed by atoms with Crippen LogP contribution in [-0.4, -0.2) is 22.9 Å². The smallest absolute Gasteiger partial charge is 0.0370 e. The molecule has 0 aromatic rings. The van der Waals surface area contributed by atoms with Crippen molar-refractivity contribution in [2.45, 2.75) is 11.3 Å². The van der Waals surface area contributed by atoms with Crippen LogP contribution in [0.3, 0.4) is 0 Å². The lowest BCUT2D eigenvalue weighted by Crippen LogP contribution is -1.94. The summed E-state index contributed by atoms with van der Waals surface area (Å²) in [7, 11) is 3.18. The summed E-state index contributed by atoms with van der Waals surface area (Å²) in [6, 6.07) is 0. The highest BCUT2D eigenvalue weighted by Gasteiger charge is 2.27. The molecule has 2 aliphatic rings. The van der Waals surface area contributed by atoms with E-state index in [4.69, 9.17) is 0 Å². The van der Waals surface area contributed by atoms with Gasteiger partial charge in [-0.2, -0.15) is 0 Å². The lowest BCUT2D eigenvalue weighted by atomic mass is 10.4. The van der Waals surface area contributed by atoms with Gasteiger partial charge in [-0.1, -0.05) is 16.4 Å². The van der Waals surface area contributed by atoms with Crippen molar-refractivity contribution in [1.82, 2.24) is 0 Å². The Morgan fingerprint density at radius 1 is 1.00 bits per heavy atom. The van der Waals surface area contributed by atoms with Gasteiger partial charge in [0.05, 0.1) is 0 Å². The van der Waals surface area contributed by atoms with Gasteiger partial charge >= 0.3 is 0 Å². The molecule has 0 spiro atoms. The third-order valence-electron chi connectivity index (χ3n) is 0.992. The molecule has 2 atom stereocenters. The molecule has 0 nitrogen and oxygen atoms in total. The predicted molar refractivity (Wildman–Crippen MR) is 33.5 cm³/mol. The zero-order valence-corrected chi connectivity index (χ0v) is 4.99. The fourth-order valence-electron chi connectivity index (χ4n) is 0.452. The van der Waals surface area contributed by atoms with Gasteiger partial charge in [0.15, 0.2) is 0 Å². The lowest BCUT2D eigenvalue weighted by molar-refractivity contribution is 1.34. The van der Waals surface area contributed by atoms with E-state index in [1.165, 1.54) is 0 Å². The first-order valence-electron chi connectivity index (χ1n) is 2.03. The highest BCUT2D eigenvalue weighted by atomic mass is 31.1. The standard InChI is InChI=1S/C4H4P2/c1-3(5-1)4-2-6-4/h1-4H. The molecular weight excluding hydrogens is 110 g/mol. The van der Waals surface area contributed by atoms with E-state index in [-0.39, 0.29) is 0 Å². The Labute approximate surface area is 40.2 Å². The summed E-state index contributed by atoms with van der Waals surface area (Å²) >= 11 is 0. The van der Waals surface area contributed by atoms with Crippen LogP contribution in [0.1, 0.15) is 0 Å². The van der Waals surface area contributed by atoms with Crippen LogP contribution in [-0.2, 0) is 0 Å². The topological polar surface area (TPSA) is 0 Å². The first-order chi connectivity index (χ1) is 2.97. The molecule has 0 aliphatic carbocycles. The largest absolute Gasteiger partial charge is 0.0986 e. The van der Waals surface area contributed by atoms with E-state index in [0.717, 1.165) is 11.3 Å². The minimum atomic E-state index is 0.992. The second-order valence-corrected chi connectivity index (χ2v) is 3.96. The SMILES string of the molecule is C1=PC1C1C=P1. The van der Waals surface area contributed by atoms with Gasteiger partial charge in [-0.3, -0.25) is 0 Å². The van der Waals surface area contributed by atoms with Gasteiger partial charge < -0.3 is 0 Å². The Hall–Kier alpha value is 0.340. The van der Waals surface area contributed by atoms with Crippen LogP contribution in [0.15, 0.2) is 0 Å². The summed E-state index contributed by atoms with van der Waals surface area (Å²) in [6.45, 7) is 0. The van der Waals surface area contributed by atoms with E-state index in [2.05, 4.69) is 11.6 Å². The van der Waals surface area contributed by atoms with E-state index in [0.29, 0.717) is 0 Å². The first kappa shape index (κ1) is 3.36. The molecule has 2 heterocycles. The normalized spacial score (nSPS) is 52.0. The van der Waals surface area contributed by atoms with Gasteiger partial charge in [0.25, 0.3) is 0 Å². The van der Waals surface area contributed by atoms with E-state index in [1.54, 1.807) is 16.4 Å². The molecule has 0 amide bonds. The van der Waals surface area contributed by atoms with Crippen molar-refractivity contribution in [3.8, 4) is 0 Å². The maximum atomic E-state index is 2.36. The minimum absolute atomic E-state index is 0.992. The molecule has 30 valence electrons. The highest BCUT2D eigenvalue weighted by Crippen LogP contribution is 2.38. The molecule has 0 fully saturated rings. The molecule has 2 heteroatoms. The zero-order chi connectivity index (χ0) is 3.98. The van der Waals surface area contributed by atoms with Crippen molar-refractivity contribution < 1.29 is 0 Å². The van der Waals surface area contributed by atoms with Crippen LogP contribution in [0.25, 0.3) is 0 Å². The molecule has 0 bridgehead atoms. The van der Waals surface area contributed by atoms with Crippen molar-refractivity contribution >= 4 is 28.0 Å². The van der Waals surface area contributed by atoms with E-state index >= 15 is 0 Å². The molecule has 0 N–H and O–H groups in total. The van der Waals surface area contributed by atoms with Crippen molar-refractivity contribution in [3.63, 3.8) is 0 Å². The van der Waals surface area contributed by atoms with E-state index in [9.17, 15) is 0 Å². The quantitative estimate of drug-likeness (QED) is 0.450. The zero-order valence-electron chi connectivity index (χ0n) is 3.20. The van der Waals surface area contributed by atoms with Gasteiger partial charge in [0, 0.05) is 11.3 Å². The predicted octanol–water partition coefficient (Wildman–Crippen LogP) is 1.25. The van der Waals surface area contributed by atoms with Crippen molar-refractivity contribution in [3.05, 3.63) is 0 Å². The summed E-state index contributed by atoms with van der Waals surface area (Å²) < 4.78 is 0. The third kappa shape index (κ3) is 0.453. The summed E-state index contributed by atoms with van der Waals surface area (Å²) in [5.41, 5.74) is 1.98. The lowest BCUT2D eigenvalue weighted by Gasteiger charge is -1.79. The average Bonchev–Trinajstić information content (AvgIpc) is 2.26. The third-order valence-corrected chi connectivity index (χ3v) is 3.15. The molecule has 2 aliphatic heterocycles. The molecular formula is C4H4P2. The maximum absolute atomic E-state index is 2.36. The van der Waals surface area contributed by atoms with Gasteiger partial charge in [0.2, 0.25) is 0 Å². The average molecular weight is 114 g/mol. The molecule has 0 saturated heterocycles. The summed E-state index contributed by atoms with van der Waals surface area (Å²) in [6.07, 6.45) is 0. The number of hydrogen-bond acceptors (Lipinski definition) is 0. The van der Waals surface area contributed by atoms with Crippen molar-refractivity contribution in [1.29, 1.82) is 0 Å². The van der Waals surface area contributed by atoms with E-state index < -0.39 is 0 Å². The number of hydrogen-bond donors (Lipinski definition) is 0. The van der Waals surface area contributed by atoms with Gasteiger partial charge in [-0.05, 0) is 11.6 Å². The van der Waals surface area contributed by atoms with Gasteiger partial charge in [0.1, 0.15) is 0 Å². The van der Waals surface area contributed by atoms with Crippen LogP contribution in [0.2, 0.25) is 0 Å². The molecule has 0 saturated carbocycles. The monoisotopic (exact) mass is 114 g/mol. The second-order valence-electron chi connectivity index (χ2n) is 1.58. The summed E-state index contributed by atoms with van der Waals surface area (Å²) in [5.74, 6) is 4.72. The Bertz CT molecular complexity index is 97.5. The molecule has 0 aromatic carbocycles. The van der Waals surface area contributed by atoms with Crippen LogP contribution in [0.4, 0.5) is 0 Å². The van der Waals surface area contributed by atoms with Gasteiger partial charge in [-0.15, -0.1) is 0 Å². The highest BCUT2D eigenvalue weighted by molar-refractivity contribution is 7.59. The molecule has 2 unspecified atom stereocenters. The van der Waals surface area contributed by atoms with Gasteiger partial charge in [-0.25, -0.2) is 0 Å². The Morgan fingerprint density at radius 2 is 1.33 bits per heavy atom. The molecule has 0 aromatic heterocycles. The van der Waals surface area contributed by atoms with Crippen LogP contribution in [0, 0.1) is 0 Å². The Morgan fingerprint density at radius 3 is 1.50 bits per heavy atom. The molecule has 2 rings (SSSR count). The molecule has 0 radical (unpaired) electrons. The Kier molecular flexibility index (Phi) is 0.526. The second kappa shape index (κ2) is 0.941. The van der Waals surface area contributed by atoms with Crippen molar-refractivity contribution in [2.24, 2.45) is 0 Å². The van der Waals surface area contributed by atoms with E-state index in [1.807, 2.05) is 0 Å². The first-order valence-corrected chi connectivity index (χ1v) is 4.10. The summed E-state index contributed by atoms with van der Waals surface area (Å²) in [4.78, 5) is 0. The summed E-state index contributed by atoms with van der Waals surface area (Å²) in [5, 5.41) is 0. The number of rotatable bonds is 1. The minimum Gasteiger partial charge on any atom is -0.0986 e. The Balaban J connectivity index is 1.97. The fraction of sp³-hybridized carbons (Fsp3) is 0.500. The fourth-order valence-corrected chi connectivity index (χ4v) is 2.28. The maximum Gasteiger partial charge on any atom is 0.0370 e. The van der Waals surface area contributed by atoms with Crippen LogP contribution < -0.4 is 0 Å². The molecule has 6 heavy (non-hydrogen) atoms. The van der Waals surface area contributed by atoms with Crippen LogP contribution >= 0.6 is 16.4 Å². The van der Waals surface area contributed by atoms with Crippen molar-refractivity contribution in [2.75, 3.05) is 0 Å².